The Hall–Kier alpha value is 0.01000. The molecule has 2 nitrogen and oxygen atoms in total. The number of likely N-dealkylation sites (tertiary alicyclic amines) is 1. The predicted molar refractivity (Wildman–Crippen MR) is 64.0 cm³/mol. The Bertz CT molecular complexity index is 165. The largest absolute Gasteiger partial charge is 0.384 e. The van der Waals surface area contributed by atoms with Gasteiger partial charge in [-0.25, -0.2) is 0 Å². The van der Waals surface area contributed by atoms with Crippen LogP contribution in [0.3, 0.4) is 0 Å². The lowest BCUT2D eigenvalue weighted by Crippen LogP contribution is -2.35. The van der Waals surface area contributed by atoms with E-state index in [0.29, 0.717) is 0 Å². The zero-order chi connectivity index (χ0) is 10.2. The summed E-state index contributed by atoms with van der Waals surface area (Å²) in [6.07, 6.45) is 6.89. The van der Waals surface area contributed by atoms with Gasteiger partial charge in [-0.2, -0.15) is 12.6 Å². The molecule has 1 rings (SSSR count). The summed E-state index contributed by atoms with van der Waals surface area (Å²) < 4.78 is 5.17. The molecule has 82 valence electrons. The molecule has 0 bridgehead atoms. The summed E-state index contributed by atoms with van der Waals surface area (Å²) in [5, 5.41) is 0. The van der Waals surface area contributed by atoms with Gasteiger partial charge < -0.3 is 4.74 Å². The van der Waals surface area contributed by atoms with Crippen molar-refractivity contribution in [3.05, 3.63) is 12.2 Å². The summed E-state index contributed by atoms with van der Waals surface area (Å²) in [6.45, 7) is 4.44. The van der Waals surface area contributed by atoms with Crippen molar-refractivity contribution in [2.75, 3.05) is 39.1 Å². The molecule has 0 spiro atoms. The molecule has 0 aromatic heterocycles. The number of rotatable bonds is 5. The van der Waals surface area contributed by atoms with Crippen LogP contribution in [-0.2, 0) is 4.74 Å². The Morgan fingerprint density at radius 2 is 2.07 bits per heavy atom. The molecule has 0 unspecified atom stereocenters. The van der Waals surface area contributed by atoms with Crippen molar-refractivity contribution in [3.8, 4) is 0 Å². The quantitative estimate of drug-likeness (QED) is 0.555. The third-order valence-electron chi connectivity index (χ3n) is 2.75. The number of piperidine rings is 1. The Morgan fingerprint density at radius 1 is 1.36 bits per heavy atom. The molecule has 0 amide bonds. The van der Waals surface area contributed by atoms with E-state index >= 15 is 0 Å². The lowest BCUT2D eigenvalue weighted by molar-refractivity contribution is 0.104. The van der Waals surface area contributed by atoms with Crippen molar-refractivity contribution < 1.29 is 4.74 Å². The summed E-state index contributed by atoms with van der Waals surface area (Å²) in [5.74, 6) is 1.63. The van der Waals surface area contributed by atoms with Gasteiger partial charge in [0.25, 0.3) is 0 Å². The summed E-state index contributed by atoms with van der Waals surface area (Å²) in [6, 6.07) is 0. The van der Waals surface area contributed by atoms with E-state index in [1.54, 1.807) is 7.11 Å². The van der Waals surface area contributed by atoms with Gasteiger partial charge in [0, 0.05) is 26.0 Å². The summed E-state index contributed by atoms with van der Waals surface area (Å²) >= 11 is 4.14. The molecule has 3 heteroatoms. The van der Waals surface area contributed by atoms with E-state index < -0.39 is 0 Å². The fourth-order valence-corrected chi connectivity index (χ4v) is 2.02. The number of methoxy groups -OCH3 is 1. The highest BCUT2D eigenvalue weighted by Gasteiger charge is 2.17. The van der Waals surface area contributed by atoms with Crippen LogP contribution < -0.4 is 0 Å². The minimum Gasteiger partial charge on any atom is -0.384 e. The van der Waals surface area contributed by atoms with Crippen LogP contribution in [-0.4, -0.2) is 44.0 Å². The summed E-state index contributed by atoms with van der Waals surface area (Å²) in [5.41, 5.74) is 0. The lowest BCUT2D eigenvalue weighted by Gasteiger charge is -2.30. The third-order valence-corrected chi connectivity index (χ3v) is 2.96. The van der Waals surface area contributed by atoms with Gasteiger partial charge in [-0.05, 0) is 31.8 Å². The van der Waals surface area contributed by atoms with Crippen LogP contribution in [0, 0.1) is 5.92 Å². The molecule has 0 aromatic carbocycles. The molecule has 0 aromatic rings. The van der Waals surface area contributed by atoms with Crippen molar-refractivity contribution in [3.63, 3.8) is 0 Å². The minimum absolute atomic E-state index is 0.783. The predicted octanol–water partition coefficient (Wildman–Crippen LogP) is 1.83. The molecule has 1 aliphatic heterocycles. The smallest absolute Gasteiger partial charge is 0.0491 e. The molecule has 0 aliphatic carbocycles. The Labute approximate surface area is 92.7 Å². The van der Waals surface area contributed by atoms with E-state index in [9.17, 15) is 0 Å². The molecular formula is C11H21NOS. The van der Waals surface area contributed by atoms with Gasteiger partial charge in [0.15, 0.2) is 0 Å². The van der Waals surface area contributed by atoms with E-state index in [-0.39, 0.29) is 0 Å². The first-order valence-corrected chi connectivity index (χ1v) is 5.97. The molecule has 1 heterocycles. The molecule has 0 saturated carbocycles. The highest BCUT2D eigenvalue weighted by atomic mass is 32.1. The Morgan fingerprint density at radius 3 is 2.64 bits per heavy atom. The van der Waals surface area contributed by atoms with Crippen molar-refractivity contribution in [2.45, 2.75) is 12.8 Å². The van der Waals surface area contributed by atoms with Crippen molar-refractivity contribution in [2.24, 2.45) is 5.92 Å². The molecule has 1 saturated heterocycles. The van der Waals surface area contributed by atoms with E-state index in [1.165, 1.54) is 25.9 Å². The van der Waals surface area contributed by atoms with Crippen LogP contribution in [0.25, 0.3) is 0 Å². The number of thiol groups is 1. The maximum absolute atomic E-state index is 5.17. The van der Waals surface area contributed by atoms with Gasteiger partial charge in [-0.3, -0.25) is 4.90 Å². The molecule has 0 atom stereocenters. The molecular weight excluding hydrogens is 194 g/mol. The average Bonchev–Trinajstić information content (AvgIpc) is 2.21. The molecule has 1 fully saturated rings. The number of hydrogen-bond donors (Lipinski definition) is 1. The second-order valence-electron chi connectivity index (χ2n) is 3.85. The number of ether oxygens (including phenoxy) is 1. The first kappa shape index (κ1) is 12.1. The van der Waals surface area contributed by atoms with E-state index in [2.05, 4.69) is 29.7 Å². The van der Waals surface area contributed by atoms with Crippen LogP contribution in [0.15, 0.2) is 12.2 Å². The zero-order valence-electron chi connectivity index (χ0n) is 8.98. The van der Waals surface area contributed by atoms with Gasteiger partial charge in [0.1, 0.15) is 0 Å². The van der Waals surface area contributed by atoms with E-state index in [4.69, 9.17) is 4.74 Å². The van der Waals surface area contributed by atoms with Crippen LogP contribution >= 0.6 is 12.6 Å². The minimum atomic E-state index is 0.783. The molecule has 1 aliphatic rings. The number of hydrogen-bond acceptors (Lipinski definition) is 3. The summed E-state index contributed by atoms with van der Waals surface area (Å²) in [7, 11) is 1.79. The van der Waals surface area contributed by atoms with Gasteiger partial charge in [0.2, 0.25) is 0 Å². The fourth-order valence-electron chi connectivity index (χ4n) is 1.87. The van der Waals surface area contributed by atoms with Gasteiger partial charge in [-0.1, -0.05) is 12.2 Å². The normalized spacial score (nSPS) is 20.7. The van der Waals surface area contributed by atoms with Crippen LogP contribution in [0.4, 0.5) is 0 Å². The number of nitrogens with zero attached hydrogens (tertiary/aromatic N) is 1. The van der Waals surface area contributed by atoms with Crippen LogP contribution in [0.5, 0.6) is 0 Å². The maximum atomic E-state index is 5.17. The fraction of sp³-hybridized carbons (Fsp3) is 0.818. The average molecular weight is 215 g/mol. The van der Waals surface area contributed by atoms with Gasteiger partial charge >= 0.3 is 0 Å². The standard InChI is InChI=1S/C11H21NOS/c1-13-10-11-4-7-12(8-5-11)6-2-3-9-14/h2-3,11,14H,4-10H2,1H3. The van der Waals surface area contributed by atoms with Gasteiger partial charge in [0.05, 0.1) is 0 Å². The van der Waals surface area contributed by atoms with E-state index in [0.717, 1.165) is 24.8 Å². The Kier molecular flexibility index (Phi) is 6.32. The van der Waals surface area contributed by atoms with Crippen LogP contribution in [0.1, 0.15) is 12.8 Å². The first-order chi connectivity index (χ1) is 6.86. The second-order valence-corrected chi connectivity index (χ2v) is 4.22. The van der Waals surface area contributed by atoms with Crippen molar-refractivity contribution >= 4 is 12.6 Å². The Balaban J connectivity index is 2.12. The lowest BCUT2D eigenvalue weighted by atomic mass is 9.98. The van der Waals surface area contributed by atoms with Crippen molar-refractivity contribution in [1.29, 1.82) is 0 Å². The van der Waals surface area contributed by atoms with E-state index in [1.807, 2.05) is 0 Å². The maximum Gasteiger partial charge on any atom is 0.0491 e. The monoisotopic (exact) mass is 215 g/mol. The topological polar surface area (TPSA) is 12.5 Å². The SMILES string of the molecule is COCC1CCN(CC=CCS)CC1. The molecule has 14 heavy (non-hydrogen) atoms. The zero-order valence-corrected chi connectivity index (χ0v) is 9.88. The first-order valence-electron chi connectivity index (χ1n) is 5.34. The second kappa shape index (κ2) is 7.32. The van der Waals surface area contributed by atoms with Gasteiger partial charge in [-0.15, -0.1) is 0 Å². The van der Waals surface area contributed by atoms with Crippen molar-refractivity contribution in [1.82, 2.24) is 4.90 Å². The molecule has 0 N–H and O–H groups in total. The van der Waals surface area contributed by atoms with Crippen LogP contribution in [0.2, 0.25) is 0 Å². The third kappa shape index (κ3) is 4.49. The summed E-state index contributed by atoms with van der Waals surface area (Å²) in [4.78, 5) is 2.49. The highest BCUT2D eigenvalue weighted by molar-refractivity contribution is 7.80. The molecule has 0 radical (unpaired) electrons. The highest BCUT2D eigenvalue weighted by Crippen LogP contribution is 2.16.